The van der Waals surface area contributed by atoms with E-state index in [-0.39, 0.29) is 10.0 Å². The monoisotopic (exact) mass is 396 g/mol. The Morgan fingerprint density at radius 3 is 2.55 bits per heavy atom. The summed E-state index contributed by atoms with van der Waals surface area (Å²) in [6.45, 7) is 1.93. The Balaban J connectivity index is 2.72. The molecule has 2 aromatic rings. The van der Waals surface area contributed by atoms with E-state index in [1.807, 2.05) is 25.1 Å². The molecule has 20 heavy (non-hydrogen) atoms. The normalized spacial score (nSPS) is 11.8. The number of rotatable bonds is 4. The molecule has 0 atom stereocenters. The number of aryl methyl sites for hydroxylation is 1. The van der Waals surface area contributed by atoms with E-state index < -0.39 is 9.05 Å². The zero-order valence-corrected chi connectivity index (χ0v) is 14.4. The molecule has 0 N–H and O–H groups in total. The number of para-hydroxylation sites is 1. The first kappa shape index (κ1) is 15.8. The molecule has 2 rings (SSSR count). The lowest BCUT2D eigenvalue weighted by Gasteiger charge is -2.05. The highest BCUT2D eigenvalue weighted by Crippen LogP contribution is 2.33. The van der Waals surface area contributed by atoms with Crippen molar-refractivity contribution in [3.8, 4) is 5.69 Å². The molecule has 1 heterocycles. The van der Waals surface area contributed by atoms with Crippen LogP contribution in [0.1, 0.15) is 19.0 Å². The average molecular weight is 398 g/mol. The van der Waals surface area contributed by atoms with Gasteiger partial charge in [-0.05, 0) is 34.5 Å². The van der Waals surface area contributed by atoms with Gasteiger partial charge in [0.1, 0.15) is 4.90 Å². The summed E-state index contributed by atoms with van der Waals surface area (Å²) in [5, 5.41) is 4.28. The maximum atomic E-state index is 11.7. The Hall–Kier alpha value is -0.560. The number of hydrogen-bond donors (Lipinski definition) is 0. The topological polar surface area (TPSA) is 52.0 Å². The van der Waals surface area contributed by atoms with Gasteiger partial charge in [0.05, 0.1) is 11.4 Å². The zero-order valence-electron chi connectivity index (χ0n) is 10.5. The minimum Gasteiger partial charge on any atom is -0.219 e. The second-order valence-electron chi connectivity index (χ2n) is 4.12. The van der Waals surface area contributed by atoms with Gasteiger partial charge in [-0.15, -0.1) is 0 Å². The molecule has 0 aliphatic carbocycles. The fourth-order valence-corrected chi connectivity index (χ4v) is 4.16. The predicted molar refractivity (Wildman–Crippen MR) is 83.3 cm³/mol. The zero-order chi connectivity index (χ0) is 14.9. The highest BCUT2D eigenvalue weighted by molar-refractivity contribution is 9.10. The Morgan fingerprint density at radius 2 is 2.00 bits per heavy atom. The fraction of sp³-hybridized carbons (Fsp3) is 0.250. The number of aromatic nitrogens is 2. The highest BCUT2D eigenvalue weighted by atomic mass is 79.9. The Morgan fingerprint density at radius 1 is 1.35 bits per heavy atom. The summed E-state index contributed by atoms with van der Waals surface area (Å²) in [7, 11) is 1.52. The van der Waals surface area contributed by atoms with Crippen LogP contribution in [0.25, 0.3) is 5.69 Å². The van der Waals surface area contributed by atoms with Crippen LogP contribution < -0.4 is 0 Å². The first-order chi connectivity index (χ1) is 9.36. The number of nitrogens with zero attached hydrogens (tertiary/aromatic N) is 2. The summed E-state index contributed by atoms with van der Waals surface area (Å²) >= 11 is 9.56. The van der Waals surface area contributed by atoms with Crippen molar-refractivity contribution in [2.24, 2.45) is 0 Å². The van der Waals surface area contributed by atoms with Crippen molar-refractivity contribution in [3.63, 3.8) is 0 Å². The maximum absolute atomic E-state index is 11.7. The molecule has 0 saturated carbocycles. The van der Waals surface area contributed by atoms with Gasteiger partial charge in [-0.1, -0.05) is 37.1 Å². The van der Waals surface area contributed by atoms with Crippen molar-refractivity contribution in [1.82, 2.24) is 9.78 Å². The van der Waals surface area contributed by atoms with Gasteiger partial charge in [0, 0.05) is 15.2 Å². The van der Waals surface area contributed by atoms with Gasteiger partial charge in [-0.2, -0.15) is 5.10 Å². The molecular formula is C12H11BrCl2N2O2S. The average Bonchev–Trinajstić information content (AvgIpc) is 2.67. The van der Waals surface area contributed by atoms with E-state index in [2.05, 4.69) is 21.0 Å². The molecule has 0 aliphatic heterocycles. The van der Waals surface area contributed by atoms with E-state index in [0.29, 0.717) is 17.8 Å². The van der Waals surface area contributed by atoms with Crippen LogP contribution in [0.4, 0.5) is 0 Å². The van der Waals surface area contributed by atoms with Crippen LogP contribution in [0.3, 0.4) is 0 Å². The SMILES string of the molecule is CCCc1nn(-c2ccccc2Br)c(Cl)c1S(=O)(=O)Cl. The lowest BCUT2D eigenvalue weighted by molar-refractivity contribution is 0.608. The number of benzene rings is 1. The molecular weight excluding hydrogens is 387 g/mol. The summed E-state index contributed by atoms with van der Waals surface area (Å²) < 4.78 is 25.5. The molecule has 0 radical (unpaired) electrons. The molecule has 0 amide bonds. The van der Waals surface area contributed by atoms with Crippen molar-refractivity contribution in [2.75, 3.05) is 0 Å². The number of halogens is 3. The van der Waals surface area contributed by atoms with E-state index in [9.17, 15) is 8.42 Å². The van der Waals surface area contributed by atoms with Crippen molar-refractivity contribution in [1.29, 1.82) is 0 Å². The van der Waals surface area contributed by atoms with Crippen LogP contribution in [0, 0.1) is 0 Å². The van der Waals surface area contributed by atoms with Crippen LogP contribution in [0.5, 0.6) is 0 Å². The third kappa shape index (κ3) is 3.03. The molecule has 0 fully saturated rings. The summed E-state index contributed by atoms with van der Waals surface area (Å²) in [6, 6.07) is 7.26. The summed E-state index contributed by atoms with van der Waals surface area (Å²) in [4.78, 5) is -0.113. The summed E-state index contributed by atoms with van der Waals surface area (Å²) in [5.41, 5.74) is 1.03. The van der Waals surface area contributed by atoms with Gasteiger partial charge in [-0.3, -0.25) is 0 Å². The fourth-order valence-electron chi connectivity index (χ4n) is 1.85. The minimum absolute atomic E-state index is 0.00431. The van der Waals surface area contributed by atoms with Crippen LogP contribution in [0.2, 0.25) is 5.15 Å². The van der Waals surface area contributed by atoms with Crippen molar-refractivity contribution < 1.29 is 8.42 Å². The molecule has 1 aromatic carbocycles. The molecule has 0 saturated heterocycles. The summed E-state index contributed by atoms with van der Waals surface area (Å²) in [6.07, 6.45) is 1.22. The van der Waals surface area contributed by atoms with Gasteiger partial charge in [-0.25, -0.2) is 13.1 Å². The second kappa shape index (κ2) is 6.05. The van der Waals surface area contributed by atoms with E-state index in [0.717, 1.165) is 10.9 Å². The molecule has 8 heteroatoms. The molecule has 0 bridgehead atoms. The van der Waals surface area contributed by atoms with Gasteiger partial charge in [0.25, 0.3) is 9.05 Å². The highest BCUT2D eigenvalue weighted by Gasteiger charge is 2.26. The molecule has 0 aliphatic rings. The first-order valence-corrected chi connectivity index (χ1v) is 9.31. The molecule has 0 spiro atoms. The minimum atomic E-state index is -3.94. The lowest BCUT2D eigenvalue weighted by atomic mass is 10.2. The van der Waals surface area contributed by atoms with Crippen molar-refractivity contribution in [2.45, 2.75) is 24.7 Å². The number of hydrogen-bond acceptors (Lipinski definition) is 3. The Labute approximate surface area is 135 Å². The molecule has 1 aromatic heterocycles. The van der Waals surface area contributed by atoms with Gasteiger partial charge < -0.3 is 0 Å². The van der Waals surface area contributed by atoms with Gasteiger partial charge >= 0.3 is 0 Å². The summed E-state index contributed by atoms with van der Waals surface area (Å²) in [5.74, 6) is 0. The lowest BCUT2D eigenvalue weighted by Crippen LogP contribution is -1.98. The van der Waals surface area contributed by atoms with E-state index in [4.69, 9.17) is 22.3 Å². The molecule has 108 valence electrons. The van der Waals surface area contributed by atoms with Gasteiger partial charge in [0.15, 0.2) is 5.15 Å². The van der Waals surface area contributed by atoms with E-state index in [1.165, 1.54) is 4.68 Å². The van der Waals surface area contributed by atoms with Crippen LogP contribution in [-0.2, 0) is 15.5 Å². The van der Waals surface area contributed by atoms with E-state index in [1.54, 1.807) is 6.07 Å². The third-order valence-electron chi connectivity index (χ3n) is 2.67. The van der Waals surface area contributed by atoms with Crippen molar-refractivity contribution in [3.05, 3.63) is 39.6 Å². The van der Waals surface area contributed by atoms with Crippen LogP contribution in [-0.4, -0.2) is 18.2 Å². The Kier molecular flexibility index (Phi) is 4.79. The molecule has 4 nitrogen and oxygen atoms in total. The largest absolute Gasteiger partial charge is 0.266 e. The quantitative estimate of drug-likeness (QED) is 0.727. The predicted octanol–water partition coefficient (Wildman–Crippen LogP) is 4.17. The first-order valence-electron chi connectivity index (χ1n) is 5.83. The Bertz CT molecular complexity index is 744. The van der Waals surface area contributed by atoms with Crippen LogP contribution in [0.15, 0.2) is 33.6 Å². The maximum Gasteiger partial charge on any atom is 0.266 e. The van der Waals surface area contributed by atoms with Crippen LogP contribution >= 0.6 is 38.2 Å². The van der Waals surface area contributed by atoms with E-state index >= 15 is 0 Å². The molecule has 0 unspecified atom stereocenters. The smallest absolute Gasteiger partial charge is 0.219 e. The second-order valence-corrected chi connectivity index (χ2v) is 7.83. The van der Waals surface area contributed by atoms with Crippen molar-refractivity contribution >= 4 is 47.3 Å². The third-order valence-corrected chi connectivity index (χ3v) is 5.18. The standard InChI is InChI=1S/C12H11BrCl2N2O2S/c1-2-5-9-11(20(15,18)19)12(14)17(16-9)10-7-4-3-6-8(10)13/h3-4,6-7H,2,5H2,1H3. The van der Waals surface area contributed by atoms with Gasteiger partial charge in [0.2, 0.25) is 0 Å².